The Balaban J connectivity index is 2.83. The quantitative estimate of drug-likeness (QED) is 0.292. The molecule has 0 saturated carbocycles. The lowest BCUT2D eigenvalue weighted by molar-refractivity contribution is 1.83. The number of nitrogens with zero attached hydrogens (tertiary/aromatic N) is 1. The van der Waals surface area contributed by atoms with Crippen LogP contribution in [0.15, 0.2) is 5.09 Å². The van der Waals surface area contributed by atoms with Crippen molar-refractivity contribution < 1.29 is 0 Å². The molecule has 5 heavy (non-hydrogen) atoms. The van der Waals surface area contributed by atoms with Gasteiger partial charge in [-0.2, -0.15) is 17.4 Å². The van der Waals surface area contributed by atoms with Crippen molar-refractivity contribution in [1.29, 1.82) is 0 Å². The number of nitroso groups, excluding NO2 is 1. The Morgan fingerprint density at radius 3 is 2.20 bits per heavy atom. The average Bonchev–Trinajstić information content (AvgIpc) is 1.38. The topological polar surface area (TPSA) is 29.4 Å². The Morgan fingerprint density at radius 2 is 2.20 bits per heavy atom. The first-order valence-corrected chi connectivity index (χ1v) is 2.68. The molecule has 0 N–H and O–H groups in total. The summed E-state index contributed by atoms with van der Waals surface area (Å²) >= 11 is 5.40. The molecule has 0 rings (SSSR count). The zero-order valence-corrected chi connectivity index (χ0v) is 5.31. The number of halogens is 1. The van der Waals surface area contributed by atoms with Gasteiger partial charge in [-0.3, -0.25) is 0 Å². The number of rotatable bonds is 1. The normalized spacial score (nSPS) is 6.80. The molecule has 0 radical (unpaired) electrons. The molecule has 0 aromatic rings. The van der Waals surface area contributed by atoms with E-state index in [1.807, 2.05) is 0 Å². The molecule has 0 aliphatic carbocycles. The van der Waals surface area contributed by atoms with Crippen molar-refractivity contribution >= 4 is 38.8 Å². The monoisotopic (exact) mass is 201 g/mol. The molecule has 0 bridgehead atoms. The minimum Gasteiger partial charge on any atom is -0.185 e. The Hall–Kier alpha value is 0.745. The van der Waals surface area contributed by atoms with Crippen LogP contribution >= 0.6 is 34.9 Å². The molecule has 0 heterocycles. The van der Waals surface area contributed by atoms with Crippen LogP contribution in [-0.2, 0) is 0 Å². The summed E-state index contributed by atoms with van der Waals surface area (Å²) in [7, 11) is 0. The fourth-order valence-corrected chi connectivity index (χ4v) is 0. The molecule has 0 unspecified atom stereocenters. The van der Waals surface area contributed by atoms with Crippen LogP contribution in [0.3, 0.4) is 0 Å². The van der Waals surface area contributed by atoms with E-state index in [1.165, 1.54) is 0 Å². The van der Waals surface area contributed by atoms with Gasteiger partial charge in [0.1, 0.15) is 0 Å². The molecular weight excluding hydrogens is 200 g/mol. The summed E-state index contributed by atoms with van der Waals surface area (Å²) in [5, 5.41) is 2.49. The molecule has 0 fully saturated rings. The van der Waals surface area contributed by atoms with Gasteiger partial charge in [0.25, 0.3) is 0 Å². The van der Waals surface area contributed by atoms with Gasteiger partial charge in [0.15, 0.2) is 0 Å². The Labute approximate surface area is 49.0 Å². The summed E-state index contributed by atoms with van der Waals surface area (Å²) < 4.78 is -0.382. The smallest absolute Gasteiger partial charge is 0.185 e. The summed E-state index contributed by atoms with van der Waals surface area (Å²) in [6.07, 6.45) is 0. The van der Waals surface area contributed by atoms with Crippen molar-refractivity contribution in [3.8, 4) is 0 Å². The van der Waals surface area contributed by atoms with Crippen LogP contribution in [0, 0.1) is 4.91 Å². The van der Waals surface area contributed by atoms with E-state index < -0.39 is 0 Å². The summed E-state index contributed by atoms with van der Waals surface area (Å²) in [6.45, 7) is 0. The molecule has 0 amide bonds. The predicted molar refractivity (Wildman–Crippen MR) is 34.6 cm³/mol. The third-order valence-corrected chi connectivity index (χ3v) is 0.409. The number of hydrogen-bond acceptors (Lipinski definition) is 3. The van der Waals surface area contributed by atoms with Gasteiger partial charge in [0.05, 0.1) is 0 Å². The van der Waals surface area contributed by atoms with Gasteiger partial charge in [-0.05, 0) is 0 Å². The van der Waals surface area contributed by atoms with E-state index >= 15 is 0 Å². The lowest BCUT2D eigenvalue weighted by Gasteiger charge is -1.66. The van der Waals surface area contributed by atoms with Gasteiger partial charge in [0.2, 0.25) is 0 Å². The summed E-state index contributed by atoms with van der Waals surface area (Å²) in [5.74, 6) is 0. The van der Waals surface area contributed by atoms with Gasteiger partial charge in [0, 0.05) is 0 Å². The van der Waals surface area contributed by atoms with Crippen LogP contribution < -0.4 is 0 Å². The molecule has 0 aliphatic rings. The van der Waals surface area contributed by atoms with E-state index in [-0.39, 0.29) is 3.98 Å². The van der Waals surface area contributed by atoms with Crippen LogP contribution in [0.25, 0.3) is 0 Å². The maximum Gasteiger partial charge on any atom is 0.466 e. The van der Waals surface area contributed by atoms with E-state index in [4.69, 9.17) is 0 Å². The second kappa shape index (κ2) is 2.96. The number of thiol groups is 1. The van der Waals surface area contributed by atoms with E-state index in [1.54, 1.807) is 22.4 Å². The lowest BCUT2D eigenvalue weighted by atomic mass is 10.5. The highest BCUT2D eigenvalue weighted by atomic mass is 127. The SMILES string of the molecule is O=NB(S)I. The molecular formula is HBINOS. The third kappa shape index (κ3) is 4.74. The average molecular weight is 201 g/mol. The van der Waals surface area contributed by atoms with Crippen molar-refractivity contribution in [2.45, 2.75) is 0 Å². The van der Waals surface area contributed by atoms with Gasteiger partial charge < -0.3 is 0 Å². The summed E-state index contributed by atoms with van der Waals surface area (Å²) in [4.78, 5) is 9.17. The van der Waals surface area contributed by atoms with Crippen LogP contribution in [0.4, 0.5) is 0 Å². The van der Waals surface area contributed by atoms with E-state index in [0.29, 0.717) is 0 Å². The van der Waals surface area contributed by atoms with E-state index in [9.17, 15) is 4.91 Å². The summed E-state index contributed by atoms with van der Waals surface area (Å²) in [6, 6.07) is 0. The van der Waals surface area contributed by atoms with Crippen molar-refractivity contribution in [3.05, 3.63) is 4.91 Å². The fraction of sp³-hybridized carbons (Fsp3) is 0. The fourth-order valence-electron chi connectivity index (χ4n) is 0. The molecule has 5 heteroatoms. The zero-order valence-electron chi connectivity index (χ0n) is 2.26. The lowest BCUT2D eigenvalue weighted by Crippen LogP contribution is -1.77. The second-order valence-electron chi connectivity index (χ2n) is 0.416. The standard InChI is InChI=1S/BHINOS/c2-1(5)3-4/h5H. The minimum atomic E-state index is -0.382. The van der Waals surface area contributed by atoms with Crippen LogP contribution in [-0.4, -0.2) is 3.98 Å². The molecule has 28 valence electrons. The molecule has 0 atom stereocenters. The van der Waals surface area contributed by atoms with Crippen LogP contribution in [0.5, 0.6) is 0 Å². The van der Waals surface area contributed by atoms with Crippen LogP contribution in [0.2, 0.25) is 0 Å². The highest BCUT2D eigenvalue weighted by Gasteiger charge is 1.96. The van der Waals surface area contributed by atoms with Gasteiger partial charge >= 0.3 is 3.98 Å². The van der Waals surface area contributed by atoms with Crippen molar-refractivity contribution in [2.75, 3.05) is 0 Å². The number of hydrogen-bond donors (Lipinski definition) is 1. The largest absolute Gasteiger partial charge is 0.466 e. The summed E-state index contributed by atoms with van der Waals surface area (Å²) in [5.41, 5.74) is 0. The van der Waals surface area contributed by atoms with Gasteiger partial charge in [-0.25, -0.2) is 0 Å². The first-order valence-electron chi connectivity index (χ1n) is 0.917. The Morgan fingerprint density at radius 1 is 2.00 bits per heavy atom. The molecule has 0 aliphatic heterocycles. The first kappa shape index (κ1) is 5.74. The Kier molecular flexibility index (Phi) is 3.40. The predicted octanol–water partition coefficient (Wildman–Crippen LogP) is 1.10. The molecule has 0 spiro atoms. The highest BCUT2D eigenvalue weighted by molar-refractivity contribution is 14.1. The van der Waals surface area contributed by atoms with Crippen LogP contribution in [0.1, 0.15) is 0 Å². The third-order valence-electron chi connectivity index (χ3n) is 0.0870. The molecule has 0 saturated heterocycles. The maximum atomic E-state index is 9.17. The van der Waals surface area contributed by atoms with Crippen molar-refractivity contribution in [3.63, 3.8) is 0 Å². The van der Waals surface area contributed by atoms with Gasteiger partial charge in [-0.1, -0.05) is 22.4 Å². The zero-order chi connectivity index (χ0) is 4.28. The van der Waals surface area contributed by atoms with E-state index in [2.05, 4.69) is 17.6 Å². The van der Waals surface area contributed by atoms with Gasteiger partial charge in [-0.15, -0.1) is 5.09 Å². The minimum absolute atomic E-state index is 0.382. The highest BCUT2D eigenvalue weighted by Crippen LogP contribution is 1.97. The molecule has 0 aromatic carbocycles. The molecule has 0 aromatic heterocycles. The first-order chi connectivity index (χ1) is 2.27. The van der Waals surface area contributed by atoms with E-state index in [0.717, 1.165) is 0 Å². The Bertz CT molecular complexity index is 38.6. The molecule has 2 nitrogen and oxygen atoms in total. The van der Waals surface area contributed by atoms with Crippen molar-refractivity contribution in [2.24, 2.45) is 5.09 Å². The van der Waals surface area contributed by atoms with Crippen molar-refractivity contribution in [1.82, 2.24) is 0 Å². The maximum absolute atomic E-state index is 9.17. The second-order valence-corrected chi connectivity index (χ2v) is 3.07.